The monoisotopic (exact) mass is 475 g/mol. The number of hydrogen-bond acceptors (Lipinski definition) is 5. The molecule has 2 aromatic heterocycles. The Labute approximate surface area is 202 Å². The number of rotatable bonds is 1. The van der Waals surface area contributed by atoms with E-state index >= 15 is 0 Å². The van der Waals surface area contributed by atoms with Crippen LogP contribution in [0.2, 0.25) is 0 Å². The van der Waals surface area contributed by atoms with Gasteiger partial charge in [0.2, 0.25) is 0 Å². The van der Waals surface area contributed by atoms with E-state index in [-0.39, 0.29) is 17.8 Å². The van der Waals surface area contributed by atoms with Crippen LogP contribution in [-0.4, -0.2) is 46.1 Å². The number of nitrogens with one attached hydrogen (secondary N) is 1. The number of halogens is 1. The Morgan fingerprint density at radius 3 is 2.77 bits per heavy atom. The topological polar surface area (TPSA) is 84.7 Å². The molecule has 0 saturated carbocycles. The molecule has 35 heavy (non-hydrogen) atoms. The number of pyridine rings is 1. The molecule has 0 bridgehead atoms. The number of ether oxygens (including phenoxy) is 1. The van der Waals surface area contributed by atoms with Gasteiger partial charge < -0.3 is 19.4 Å². The zero-order valence-corrected chi connectivity index (χ0v) is 19.9. The van der Waals surface area contributed by atoms with Crippen molar-refractivity contribution >= 4 is 12.0 Å². The van der Waals surface area contributed by atoms with Gasteiger partial charge in [-0.2, -0.15) is 0 Å². The van der Waals surface area contributed by atoms with Gasteiger partial charge in [0.25, 0.3) is 5.91 Å². The summed E-state index contributed by atoms with van der Waals surface area (Å²) < 4.78 is 25.6. The lowest BCUT2D eigenvalue weighted by Crippen LogP contribution is -2.73. The second kappa shape index (κ2) is 7.41. The van der Waals surface area contributed by atoms with E-state index in [1.54, 1.807) is 11.0 Å². The number of carbonyl (C=O) groups is 2. The number of carbonyl (C=O) groups excluding carboxylic acids is 2. The second-order valence-electron chi connectivity index (χ2n) is 10.7. The lowest BCUT2D eigenvalue weighted by molar-refractivity contribution is -0.0179. The van der Waals surface area contributed by atoms with Crippen molar-refractivity contribution in [3.63, 3.8) is 0 Å². The average Bonchev–Trinajstić information content (AvgIpc) is 3.15. The molecule has 7 nitrogen and oxygen atoms in total. The van der Waals surface area contributed by atoms with Gasteiger partial charge in [0.05, 0.1) is 16.8 Å². The SMILES string of the molecule is CC(C)(C)OC(=O)N1CC2(Cc3oc4c(c3C(=O)N2)CCc2cnc(-c3cccc(F)c3)cc2-4)C1. The van der Waals surface area contributed by atoms with Crippen molar-refractivity contribution in [3.05, 3.63) is 64.8 Å². The van der Waals surface area contributed by atoms with Crippen LogP contribution in [0.25, 0.3) is 22.6 Å². The molecule has 2 aliphatic heterocycles. The molecule has 0 radical (unpaired) electrons. The summed E-state index contributed by atoms with van der Waals surface area (Å²) in [6, 6.07) is 8.25. The molecule has 1 aliphatic carbocycles. The first-order valence-electron chi connectivity index (χ1n) is 11.8. The molecule has 3 aromatic rings. The predicted octanol–water partition coefficient (Wildman–Crippen LogP) is 4.52. The molecular formula is C27H26FN3O4. The van der Waals surface area contributed by atoms with Gasteiger partial charge in [-0.05, 0) is 57.4 Å². The summed E-state index contributed by atoms with van der Waals surface area (Å²) in [5.74, 6) is 0.855. The smallest absolute Gasteiger partial charge is 0.410 e. The molecule has 0 atom stereocenters. The van der Waals surface area contributed by atoms with Crippen LogP contribution < -0.4 is 5.32 Å². The van der Waals surface area contributed by atoms with Gasteiger partial charge in [0, 0.05) is 42.4 Å². The second-order valence-corrected chi connectivity index (χ2v) is 10.7. The summed E-state index contributed by atoms with van der Waals surface area (Å²) in [7, 11) is 0. The molecule has 6 rings (SSSR count). The number of benzene rings is 1. The fourth-order valence-corrected chi connectivity index (χ4v) is 5.31. The minimum absolute atomic E-state index is 0.164. The predicted molar refractivity (Wildman–Crippen MR) is 126 cm³/mol. The highest BCUT2D eigenvalue weighted by atomic mass is 19.1. The van der Waals surface area contributed by atoms with Crippen molar-refractivity contribution in [2.75, 3.05) is 13.1 Å². The third-order valence-corrected chi connectivity index (χ3v) is 6.82. The van der Waals surface area contributed by atoms with E-state index < -0.39 is 11.1 Å². The zero-order valence-electron chi connectivity index (χ0n) is 19.9. The van der Waals surface area contributed by atoms with E-state index in [0.717, 1.165) is 23.1 Å². The highest BCUT2D eigenvalue weighted by Crippen LogP contribution is 2.43. The van der Waals surface area contributed by atoms with Crippen molar-refractivity contribution in [2.45, 2.75) is 51.2 Å². The number of likely N-dealkylation sites (tertiary alicyclic amines) is 1. The van der Waals surface area contributed by atoms with Crippen molar-refractivity contribution in [1.82, 2.24) is 15.2 Å². The first-order valence-corrected chi connectivity index (χ1v) is 11.8. The Kier molecular flexibility index (Phi) is 4.62. The Morgan fingerprint density at radius 2 is 2.03 bits per heavy atom. The average molecular weight is 476 g/mol. The number of aromatic nitrogens is 1. The van der Waals surface area contributed by atoms with Gasteiger partial charge in [-0.15, -0.1) is 0 Å². The molecule has 3 aliphatic rings. The number of furan rings is 1. The van der Waals surface area contributed by atoms with Crippen LogP contribution >= 0.6 is 0 Å². The van der Waals surface area contributed by atoms with Gasteiger partial charge >= 0.3 is 6.09 Å². The van der Waals surface area contributed by atoms with Crippen molar-refractivity contribution < 1.29 is 23.1 Å². The van der Waals surface area contributed by atoms with Crippen LogP contribution in [-0.2, 0) is 24.0 Å². The first-order chi connectivity index (χ1) is 16.6. The minimum atomic E-state index is -0.574. The number of nitrogens with zero attached hydrogens (tertiary/aromatic N) is 2. The van der Waals surface area contributed by atoms with Gasteiger partial charge in [-0.25, -0.2) is 9.18 Å². The lowest BCUT2D eigenvalue weighted by atomic mass is 9.80. The quantitative estimate of drug-likeness (QED) is 0.559. The van der Waals surface area contributed by atoms with E-state index in [1.165, 1.54) is 12.1 Å². The van der Waals surface area contributed by atoms with Crippen LogP contribution in [0.15, 0.2) is 40.9 Å². The molecule has 1 N–H and O–H groups in total. The van der Waals surface area contributed by atoms with Crippen LogP contribution in [0.1, 0.15) is 48.0 Å². The maximum absolute atomic E-state index is 13.8. The molecule has 8 heteroatoms. The van der Waals surface area contributed by atoms with E-state index in [4.69, 9.17) is 9.15 Å². The summed E-state index contributed by atoms with van der Waals surface area (Å²) in [5, 5.41) is 3.13. The number of hydrogen-bond donors (Lipinski definition) is 1. The van der Waals surface area contributed by atoms with Crippen LogP contribution in [0.5, 0.6) is 0 Å². The summed E-state index contributed by atoms with van der Waals surface area (Å²) in [4.78, 5) is 31.7. The Bertz CT molecular complexity index is 1380. The molecule has 0 unspecified atom stereocenters. The maximum atomic E-state index is 13.8. The van der Waals surface area contributed by atoms with Crippen LogP contribution in [0.4, 0.5) is 9.18 Å². The fourth-order valence-electron chi connectivity index (χ4n) is 5.31. The Hall–Kier alpha value is -3.68. The van der Waals surface area contributed by atoms with Gasteiger partial charge in [-0.3, -0.25) is 9.78 Å². The van der Waals surface area contributed by atoms with Crippen LogP contribution in [0, 0.1) is 5.82 Å². The molecule has 180 valence electrons. The molecule has 1 saturated heterocycles. The van der Waals surface area contributed by atoms with E-state index in [2.05, 4.69) is 10.3 Å². The summed E-state index contributed by atoms with van der Waals surface area (Å²) in [5.41, 5.74) is 3.66. The molecule has 1 spiro atoms. The third kappa shape index (κ3) is 3.68. The highest BCUT2D eigenvalue weighted by Gasteiger charge is 2.52. The standard InChI is InChI=1S/C27H26FN3O4/c1-26(2,3)35-25(33)31-13-27(14-31)11-21-22(24(32)30-27)18-8-7-16-12-29-20(10-19(16)23(18)34-21)15-5-4-6-17(28)9-15/h4-6,9-10,12H,7-8,11,13-14H2,1-3H3,(H,30,32). The van der Waals surface area contributed by atoms with Crippen molar-refractivity contribution in [1.29, 1.82) is 0 Å². The minimum Gasteiger partial charge on any atom is -0.460 e. The lowest BCUT2D eigenvalue weighted by Gasteiger charge is -2.51. The van der Waals surface area contributed by atoms with E-state index in [1.807, 2.05) is 39.1 Å². The fraction of sp³-hybridized carbons (Fsp3) is 0.370. The number of amides is 2. The number of fused-ring (bicyclic) bond motifs is 5. The zero-order chi connectivity index (χ0) is 24.5. The first kappa shape index (κ1) is 21.8. The third-order valence-electron chi connectivity index (χ3n) is 6.82. The van der Waals surface area contributed by atoms with E-state index in [9.17, 15) is 14.0 Å². The summed E-state index contributed by atoms with van der Waals surface area (Å²) in [6.07, 6.45) is 3.37. The number of aryl methyl sites for hydroxylation is 1. The van der Waals surface area contributed by atoms with Crippen molar-refractivity contribution in [3.8, 4) is 22.6 Å². The Balaban J connectivity index is 1.30. The molecule has 2 amide bonds. The van der Waals surface area contributed by atoms with E-state index in [0.29, 0.717) is 54.3 Å². The van der Waals surface area contributed by atoms with Gasteiger partial charge in [0.1, 0.15) is 22.9 Å². The largest absolute Gasteiger partial charge is 0.460 e. The maximum Gasteiger partial charge on any atom is 0.410 e. The summed E-state index contributed by atoms with van der Waals surface area (Å²) >= 11 is 0. The van der Waals surface area contributed by atoms with Crippen LogP contribution in [0.3, 0.4) is 0 Å². The Morgan fingerprint density at radius 1 is 1.23 bits per heavy atom. The molecule has 1 fully saturated rings. The molecule has 4 heterocycles. The normalized spacial score (nSPS) is 17.7. The summed E-state index contributed by atoms with van der Waals surface area (Å²) in [6.45, 7) is 6.24. The highest BCUT2D eigenvalue weighted by molar-refractivity contribution is 6.01. The van der Waals surface area contributed by atoms with Gasteiger partial charge in [0.15, 0.2) is 0 Å². The van der Waals surface area contributed by atoms with Crippen molar-refractivity contribution in [2.24, 2.45) is 0 Å². The van der Waals surface area contributed by atoms with Gasteiger partial charge in [-0.1, -0.05) is 12.1 Å². The molecule has 1 aromatic carbocycles. The molecular weight excluding hydrogens is 449 g/mol.